The number of aryl methyl sites for hydroxylation is 2. The first-order valence-electron chi connectivity index (χ1n) is 7.44. The molecule has 0 fully saturated rings. The number of hydrogen-bond donors (Lipinski definition) is 1. The summed E-state index contributed by atoms with van der Waals surface area (Å²) in [6.45, 7) is 6.48. The van der Waals surface area contributed by atoms with Gasteiger partial charge in [-0.1, -0.05) is 17.7 Å². The highest BCUT2D eigenvalue weighted by Crippen LogP contribution is 2.19. The fourth-order valence-electron chi connectivity index (χ4n) is 2.40. The van der Waals surface area contributed by atoms with Crippen molar-refractivity contribution in [3.05, 3.63) is 59.4 Å². The van der Waals surface area contributed by atoms with Crippen LogP contribution in [0.15, 0.2) is 42.7 Å². The van der Waals surface area contributed by atoms with Crippen LogP contribution < -0.4 is 5.32 Å². The third-order valence-corrected chi connectivity index (χ3v) is 3.90. The molecule has 0 aliphatic rings. The van der Waals surface area contributed by atoms with Gasteiger partial charge in [-0.3, -0.25) is 14.7 Å². The fourth-order valence-corrected chi connectivity index (χ4v) is 2.40. The molecule has 0 saturated heterocycles. The highest BCUT2D eigenvalue weighted by molar-refractivity contribution is 5.93. The van der Waals surface area contributed by atoms with Crippen molar-refractivity contribution in [1.29, 1.82) is 0 Å². The normalized spacial score (nSPS) is 12.2. The van der Waals surface area contributed by atoms with E-state index in [2.05, 4.69) is 23.3 Å². The minimum Gasteiger partial charge on any atom is -0.325 e. The number of rotatable bonds is 5. The Hall–Kier alpha value is -2.20. The largest absolute Gasteiger partial charge is 0.325 e. The van der Waals surface area contributed by atoms with E-state index in [-0.39, 0.29) is 11.9 Å². The Bertz CT molecular complexity index is 640. The molecule has 0 unspecified atom stereocenters. The predicted molar refractivity (Wildman–Crippen MR) is 89.8 cm³/mol. The zero-order valence-corrected chi connectivity index (χ0v) is 13.6. The summed E-state index contributed by atoms with van der Waals surface area (Å²) in [5.41, 5.74) is 4.30. The molecule has 0 spiro atoms. The van der Waals surface area contributed by atoms with Crippen molar-refractivity contribution >= 4 is 11.6 Å². The smallest absolute Gasteiger partial charge is 0.238 e. The molecular formula is C18H23N3O. The number of aromatic nitrogens is 1. The predicted octanol–water partition coefficient (Wildman–Crippen LogP) is 3.33. The highest BCUT2D eigenvalue weighted by atomic mass is 16.2. The van der Waals surface area contributed by atoms with E-state index in [1.54, 1.807) is 12.4 Å². The van der Waals surface area contributed by atoms with Crippen LogP contribution in [0.5, 0.6) is 0 Å². The average molecular weight is 297 g/mol. The summed E-state index contributed by atoms with van der Waals surface area (Å²) < 4.78 is 0. The van der Waals surface area contributed by atoms with E-state index >= 15 is 0 Å². The molecule has 4 nitrogen and oxygen atoms in total. The first kappa shape index (κ1) is 16.2. The summed E-state index contributed by atoms with van der Waals surface area (Å²) >= 11 is 0. The monoisotopic (exact) mass is 297 g/mol. The SMILES string of the molecule is Cc1ccc(NC(=O)CN(C)[C@H](C)c2ccncc2)c(C)c1. The summed E-state index contributed by atoms with van der Waals surface area (Å²) in [7, 11) is 1.95. The van der Waals surface area contributed by atoms with E-state index in [1.165, 1.54) is 5.56 Å². The molecule has 2 rings (SSSR count). The molecule has 0 aliphatic carbocycles. The quantitative estimate of drug-likeness (QED) is 0.920. The van der Waals surface area contributed by atoms with E-state index in [0.717, 1.165) is 16.8 Å². The maximum absolute atomic E-state index is 12.2. The van der Waals surface area contributed by atoms with Crippen LogP contribution >= 0.6 is 0 Å². The van der Waals surface area contributed by atoms with Gasteiger partial charge in [0.1, 0.15) is 0 Å². The Labute approximate surface area is 132 Å². The van der Waals surface area contributed by atoms with Gasteiger partial charge in [-0.15, -0.1) is 0 Å². The Morgan fingerprint density at radius 2 is 1.91 bits per heavy atom. The van der Waals surface area contributed by atoms with Gasteiger partial charge in [0, 0.05) is 24.1 Å². The number of carbonyl (C=O) groups excluding carboxylic acids is 1. The molecule has 1 atom stereocenters. The first-order chi connectivity index (χ1) is 10.5. The van der Waals surface area contributed by atoms with E-state index in [0.29, 0.717) is 6.54 Å². The third kappa shape index (κ3) is 4.15. The molecule has 0 aliphatic heterocycles. The van der Waals surface area contributed by atoms with Crippen LogP contribution in [0.2, 0.25) is 0 Å². The van der Waals surface area contributed by atoms with Crippen molar-refractivity contribution in [1.82, 2.24) is 9.88 Å². The number of benzene rings is 1. The lowest BCUT2D eigenvalue weighted by Crippen LogP contribution is -2.32. The number of hydrogen-bond acceptors (Lipinski definition) is 3. The van der Waals surface area contributed by atoms with Gasteiger partial charge in [-0.25, -0.2) is 0 Å². The molecule has 1 aromatic heterocycles. The standard InChI is InChI=1S/C18H23N3O/c1-13-5-6-17(14(2)11-13)20-18(22)12-21(4)15(3)16-7-9-19-10-8-16/h5-11,15H,12H2,1-4H3,(H,20,22)/t15-/m1/s1. The number of anilines is 1. The number of amides is 1. The molecule has 0 bridgehead atoms. The van der Waals surface area contributed by atoms with E-state index < -0.39 is 0 Å². The molecule has 1 heterocycles. The van der Waals surface area contributed by atoms with Gasteiger partial charge >= 0.3 is 0 Å². The summed E-state index contributed by atoms with van der Waals surface area (Å²) in [4.78, 5) is 18.3. The summed E-state index contributed by atoms with van der Waals surface area (Å²) in [6.07, 6.45) is 3.55. The van der Waals surface area contributed by atoms with Crippen molar-refractivity contribution < 1.29 is 4.79 Å². The summed E-state index contributed by atoms with van der Waals surface area (Å²) in [5.74, 6) is -0.00430. The molecule has 1 aromatic carbocycles. The molecule has 116 valence electrons. The number of pyridine rings is 1. The van der Waals surface area contributed by atoms with Gasteiger partial charge in [-0.05, 0) is 57.1 Å². The van der Waals surface area contributed by atoms with Crippen LogP contribution in [-0.4, -0.2) is 29.4 Å². The molecule has 22 heavy (non-hydrogen) atoms. The zero-order chi connectivity index (χ0) is 16.1. The van der Waals surface area contributed by atoms with Crippen LogP contribution in [0.4, 0.5) is 5.69 Å². The zero-order valence-electron chi connectivity index (χ0n) is 13.6. The lowest BCUT2D eigenvalue weighted by Gasteiger charge is -2.24. The van der Waals surface area contributed by atoms with Gasteiger partial charge in [0.15, 0.2) is 0 Å². The Morgan fingerprint density at radius 1 is 1.23 bits per heavy atom. The second-order valence-corrected chi connectivity index (χ2v) is 5.74. The summed E-state index contributed by atoms with van der Waals surface area (Å²) in [6, 6.07) is 10.1. The second kappa shape index (κ2) is 7.18. The van der Waals surface area contributed by atoms with Crippen molar-refractivity contribution in [2.24, 2.45) is 0 Å². The van der Waals surface area contributed by atoms with Gasteiger partial charge in [0.2, 0.25) is 5.91 Å². The number of nitrogens with one attached hydrogen (secondary N) is 1. The van der Waals surface area contributed by atoms with Gasteiger partial charge in [-0.2, -0.15) is 0 Å². The van der Waals surface area contributed by atoms with Crippen LogP contribution in [0.25, 0.3) is 0 Å². The number of likely N-dealkylation sites (N-methyl/N-ethyl adjacent to an activating group) is 1. The van der Waals surface area contributed by atoms with Crippen LogP contribution in [0, 0.1) is 13.8 Å². The lowest BCUT2D eigenvalue weighted by atomic mass is 10.1. The highest BCUT2D eigenvalue weighted by Gasteiger charge is 2.15. The van der Waals surface area contributed by atoms with E-state index in [9.17, 15) is 4.79 Å². The van der Waals surface area contributed by atoms with Crippen LogP contribution in [0.1, 0.15) is 29.7 Å². The van der Waals surface area contributed by atoms with Crippen molar-refractivity contribution in [3.63, 3.8) is 0 Å². The average Bonchev–Trinajstić information content (AvgIpc) is 2.50. The third-order valence-electron chi connectivity index (χ3n) is 3.90. The lowest BCUT2D eigenvalue weighted by molar-refractivity contribution is -0.117. The topological polar surface area (TPSA) is 45.2 Å². The maximum Gasteiger partial charge on any atom is 0.238 e. The van der Waals surface area contributed by atoms with Crippen LogP contribution in [0.3, 0.4) is 0 Å². The Balaban J connectivity index is 1.96. The molecule has 4 heteroatoms. The molecule has 0 saturated carbocycles. The number of carbonyl (C=O) groups is 1. The minimum atomic E-state index is -0.00430. The second-order valence-electron chi connectivity index (χ2n) is 5.74. The molecule has 1 N–H and O–H groups in total. The molecule has 1 amide bonds. The molecular weight excluding hydrogens is 274 g/mol. The Kier molecular flexibility index (Phi) is 5.28. The van der Waals surface area contributed by atoms with Gasteiger partial charge in [0.25, 0.3) is 0 Å². The number of nitrogens with zero attached hydrogens (tertiary/aromatic N) is 2. The molecule has 2 aromatic rings. The van der Waals surface area contributed by atoms with Gasteiger partial charge < -0.3 is 5.32 Å². The van der Waals surface area contributed by atoms with E-state index in [4.69, 9.17) is 0 Å². The van der Waals surface area contributed by atoms with Crippen molar-refractivity contribution in [2.75, 3.05) is 18.9 Å². The maximum atomic E-state index is 12.2. The first-order valence-corrected chi connectivity index (χ1v) is 7.44. The molecule has 0 radical (unpaired) electrons. The van der Waals surface area contributed by atoms with Crippen molar-refractivity contribution in [3.8, 4) is 0 Å². The fraction of sp³-hybridized carbons (Fsp3) is 0.333. The van der Waals surface area contributed by atoms with Gasteiger partial charge in [0.05, 0.1) is 6.54 Å². The van der Waals surface area contributed by atoms with Crippen LogP contribution in [-0.2, 0) is 4.79 Å². The Morgan fingerprint density at radius 3 is 2.55 bits per heavy atom. The van der Waals surface area contributed by atoms with Crippen molar-refractivity contribution in [2.45, 2.75) is 26.8 Å². The van der Waals surface area contributed by atoms with E-state index in [1.807, 2.05) is 50.1 Å². The minimum absolute atomic E-state index is 0.00430. The summed E-state index contributed by atoms with van der Waals surface area (Å²) in [5, 5.41) is 2.98.